The lowest BCUT2D eigenvalue weighted by Gasteiger charge is -2.42. The number of allylic oxidation sites excluding steroid dienone is 3. The average Bonchev–Trinajstić information content (AvgIpc) is 2.80. The number of aromatic hydroxyl groups is 1. The SMILES string of the molecule is C=CC1=CC[C@@]2(Cl)C(=O)N(CBr)C(=O)[C@@]2(Cl)[C@H]1c1cccc(OCC)c1O. The number of halogens is 3. The van der Waals surface area contributed by atoms with E-state index in [9.17, 15) is 14.7 Å². The molecule has 0 spiro atoms. The van der Waals surface area contributed by atoms with E-state index in [1.165, 1.54) is 0 Å². The number of rotatable bonds is 5. The molecule has 27 heavy (non-hydrogen) atoms. The summed E-state index contributed by atoms with van der Waals surface area (Å²) in [5.74, 6) is -1.93. The lowest BCUT2D eigenvalue weighted by Crippen LogP contribution is -2.54. The zero-order valence-electron chi connectivity index (χ0n) is 14.5. The molecule has 2 amide bonds. The van der Waals surface area contributed by atoms with Crippen LogP contribution in [0.1, 0.15) is 24.8 Å². The second-order valence-corrected chi connectivity index (χ2v) is 8.09. The Morgan fingerprint density at radius 3 is 2.70 bits per heavy atom. The quantitative estimate of drug-likeness (QED) is 0.397. The molecular formula is C19H18BrCl2NO4. The summed E-state index contributed by atoms with van der Waals surface area (Å²) in [7, 11) is 0. The Morgan fingerprint density at radius 1 is 1.41 bits per heavy atom. The number of nitrogens with zero attached hydrogens (tertiary/aromatic N) is 1. The normalized spacial score (nSPS) is 30.1. The summed E-state index contributed by atoms with van der Waals surface area (Å²) in [5, 5.41) is 10.8. The maximum atomic E-state index is 13.2. The minimum Gasteiger partial charge on any atom is -0.504 e. The minimum atomic E-state index is -1.81. The molecule has 1 saturated heterocycles. The zero-order valence-corrected chi connectivity index (χ0v) is 17.6. The number of alkyl halides is 3. The van der Waals surface area contributed by atoms with Gasteiger partial charge in [0.1, 0.15) is 0 Å². The number of ether oxygens (including phenoxy) is 1. The highest BCUT2D eigenvalue weighted by atomic mass is 79.9. The first-order valence-electron chi connectivity index (χ1n) is 8.35. The number of amides is 2. The van der Waals surface area contributed by atoms with E-state index >= 15 is 0 Å². The highest BCUT2D eigenvalue weighted by Crippen LogP contribution is 2.60. The Morgan fingerprint density at radius 2 is 2.11 bits per heavy atom. The molecule has 3 rings (SSSR count). The predicted octanol–water partition coefficient (Wildman–Crippen LogP) is 4.07. The van der Waals surface area contributed by atoms with Gasteiger partial charge >= 0.3 is 0 Å². The van der Waals surface area contributed by atoms with Crippen LogP contribution in [-0.2, 0) is 9.59 Å². The first-order chi connectivity index (χ1) is 12.8. The van der Waals surface area contributed by atoms with Crippen molar-refractivity contribution in [1.29, 1.82) is 0 Å². The van der Waals surface area contributed by atoms with Gasteiger partial charge in [0.25, 0.3) is 11.8 Å². The highest BCUT2D eigenvalue weighted by Gasteiger charge is 2.72. The average molecular weight is 475 g/mol. The van der Waals surface area contributed by atoms with Crippen LogP contribution >= 0.6 is 39.1 Å². The van der Waals surface area contributed by atoms with Gasteiger partial charge in [-0.3, -0.25) is 14.5 Å². The van der Waals surface area contributed by atoms with E-state index in [4.69, 9.17) is 27.9 Å². The third-order valence-electron chi connectivity index (χ3n) is 5.06. The number of hydrogen-bond donors (Lipinski definition) is 1. The van der Waals surface area contributed by atoms with E-state index < -0.39 is 27.5 Å². The van der Waals surface area contributed by atoms with Crippen molar-refractivity contribution in [2.45, 2.75) is 29.0 Å². The molecule has 0 unspecified atom stereocenters. The van der Waals surface area contributed by atoms with E-state index in [1.807, 2.05) is 0 Å². The number of phenols is 1. The van der Waals surface area contributed by atoms with Gasteiger partial charge in [0.15, 0.2) is 21.2 Å². The largest absolute Gasteiger partial charge is 0.504 e. The molecule has 2 aliphatic rings. The Labute approximate surface area is 175 Å². The fraction of sp³-hybridized carbons (Fsp3) is 0.368. The van der Waals surface area contributed by atoms with Gasteiger partial charge in [0.05, 0.1) is 12.1 Å². The number of imide groups is 1. The molecule has 1 aliphatic carbocycles. The van der Waals surface area contributed by atoms with Crippen molar-refractivity contribution < 1.29 is 19.4 Å². The zero-order chi connectivity index (χ0) is 20.0. The van der Waals surface area contributed by atoms with Crippen LogP contribution in [0.15, 0.2) is 42.5 Å². The molecule has 1 aromatic carbocycles. The Balaban J connectivity index is 2.27. The fourth-order valence-corrected chi connectivity index (χ4v) is 5.10. The molecule has 1 fully saturated rings. The van der Waals surface area contributed by atoms with Crippen LogP contribution in [-0.4, -0.2) is 43.6 Å². The molecule has 3 atom stereocenters. The van der Waals surface area contributed by atoms with Gasteiger partial charge in [-0.1, -0.05) is 46.8 Å². The lowest BCUT2D eigenvalue weighted by atomic mass is 9.68. The van der Waals surface area contributed by atoms with E-state index in [-0.39, 0.29) is 23.4 Å². The van der Waals surface area contributed by atoms with E-state index in [0.717, 1.165) is 4.90 Å². The number of phenolic OH excluding ortho intramolecular Hbond substituents is 1. The van der Waals surface area contributed by atoms with Crippen molar-refractivity contribution in [1.82, 2.24) is 4.90 Å². The van der Waals surface area contributed by atoms with E-state index in [2.05, 4.69) is 22.5 Å². The maximum absolute atomic E-state index is 13.2. The number of carbonyl (C=O) groups excluding carboxylic acids is 2. The molecule has 0 radical (unpaired) electrons. The second-order valence-electron chi connectivity index (χ2n) is 6.34. The van der Waals surface area contributed by atoms with Crippen LogP contribution < -0.4 is 4.74 Å². The summed E-state index contributed by atoms with van der Waals surface area (Å²) in [5.41, 5.74) is 0.946. The third kappa shape index (κ3) is 2.64. The number of fused-ring (bicyclic) bond motifs is 1. The molecule has 8 heteroatoms. The minimum absolute atomic E-state index is 0.0191. The number of carbonyl (C=O) groups is 2. The summed E-state index contributed by atoms with van der Waals surface area (Å²) in [4.78, 5) is 23.5. The number of hydrogen-bond acceptors (Lipinski definition) is 4. The highest BCUT2D eigenvalue weighted by molar-refractivity contribution is 9.09. The van der Waals surface area contributed by atoms with Crippen LogP contribution in [0.25, 0.3) is 0 Å². The van der Waals surface area contributed by atoms with Crippen LogP contribution in [0.3, 0.4) is 0 Å². The van der Waals surface area contributed by atoms with Crippen molar-refractivity contribution in [3.8, 4) is 11.5 Å². The van der Waals surface area contributed by atoms with Gasteiger partial charge in [-0.15, -0.1) is 23.2 Å². The maximum Gasteiger partial charge on any atom is 0.254 e. The van der Waals surface area contributed by atoms with Crippen LogP contribution in [0.5, 0.6) is 11.5 Å². The fourth-order valence-electron chi connectivity index (χ4n) is 3.77. The molecule has 1 aliphatic heterocycles. The monoisotopic (exact) mass is 473 g/mol. The molecule has 1 aromatic rings. The summed E-state index contributed by atoms with van der Waals surface area (Å²) in [6.07, 6.45) is 3.38. The Kier molecular flexibility index (Phi) is 5.36. The Hall–Kier alpha value is -1.50. The van der Waals surface area contributed by atoms with E-state index in [0.29, 0.717) is 17.7 Å². The summed E-state index contributed by atoms with van der Waals surface area (Å²) < 4.78 is 5.46. The number of benzene rings is 1. The van der Waals surface area contributed by atoms with Crippen molar-refractivity contribution in [3.63, 3.8) is 0 Å². The molecule has 5 nitrogen and oxygen atoms in total. The van der Waals surface area contributed by atoms with Crippen molar-refractivity contribution in [3.05, 3.63) is 48.1 Å². The van der Waals surface area contributed by atoms with Gasteiger partial charge in [0, 0.05) is 11.5 Å². The summed E-state index contributed by atoms with van der Waals surface area (Å²) in [6, 6.07) is 4.94. The molecule has 144 valence electrons. The number of para-hydroxylation sites is 1. The van der Waals surface area contributed by atoms with Crippen LogP contribution in [0, 0.1) is 0 Å². The van der Waals surface area contributed by atoms with Gasteiger partial charge in [-0.2, -0.15) is 0 Å². The first-order valence-corrected chi connectivity index (χ1v) is 10.2. The molecule has 1 heterocycles. The van der Waals surface area contributed by atoms with E-state index in [1.54, 1.807) is 37.3 Å². The molecule has 0 aromatic heterocycles. The second kappa shape index (κ2) is 7.15. The molecule has 0 bridgehead atoms. The predicted molar refractivity (Wildman–Crippen MR) is 108 cm³/mol. The van der Waals surface area contributed by atoms with Crippen molar-refractivity contribution >= 4 is 50.9 Å². The van der Waals surface area contributed by atoms with Crippen LogP contribution in [0.4, 0.5) is 0 Å². The standard InChI is InChI=1S/C19H18BrCl2NO4/c1-3-11-8-9-18(21)16(25)23(10-20)17(26)19(18,22)14(11)12-6-5-7-13(15(12)24)27-4-2/h3,5-8,14,24H,1,4,9-10H2,2H3/t14-,18-,19+/m1/s1. The van der Waals surface area contributed by atoms with Crippen molar-refractivity contribution in [2.75, 3.05) is 12.1 Å². The summed E-state index contributed by atoms with van der Waals surface area (Å²) in [6.45, 7) is 5.94. The third-order valence-corrected chi connectivity index (χ3v) is 6.98. The Bertz CT molecular complexity index is 858. The molecular weight excluding hydrogens is 457 g/mol. The van der Waals surface area contributed by atoms with Crippen LogP contribution in [0.2, 0.25) is 0 Å². The molecule has 1 N–H and O–H groups in total. The van der Waals surface area contributed by atoms with Gasteiger partial charge in [-0.05, 0) is 25.0 Å². The molecule has 0 saturated carbocycles. The topological polar surface area (TPSA) is 66.8 Å². The van der Waals surface area contributed by atoms with Gasteiger partial charge < -0.3 is 9.84 Å². The van der Waals surface area contributed by atoms with Crippen molar-refractivity contribution in [2.24, 2.45) is 0 Å². The lowest BCUT2D eigenvalue weighted by molar-refractivity contribution is -0.138. The smallest absolute Gasteiger partial charge is 0.254 e. The van der Waals surface area contributed by atoms with Gasteiger partial charge in [-0.25, -0.2) is 0 Å². The van der Waals surface area contributed by atoms with Gasteiger partial charge in [0.2, 0.25) is 0 Å². The first kappa shape index (κ1) is 20.2. The number of likely N-dealkylation sites (tertiary alicyclic amines) is 1. The summed E-state index contributed by atoms with van der Waals surface area (Å²) >= 11 is 16.8.